The van der Waals surface area contributed by atoms with Crippen LogP contribution in [0.4, 0.5) is 5.69 Å². The van der Waals surface area contributed by atoms with E-state index in [4.69, 9.17) is 4.74 Å². The van der Waals surface area contributed by atoms with E-state index in [-0.39, 0.29) is 11.8 Å². The van der Waals surface area contributed by atoms with E-state index in [1.54, 1.807) is 6.07 Å². The van der Waals surface area contributed by atoms with Crippen molar-refractivity contribution >= 4 is 17.5 Å². The Balaban J connectivity index is 1.47. The Hall–Kier alpha value is -2.82. The molecule has 1 N–H and O–H groups in total. The van der Waals surface area contributed by atoms with Gasteiger partial charge in [0.2, 0.25) is 5.91 Å². The number of aryl methyl sites for hydroxylation is 1. The lowest BCUT2D eigenvalue weighted by atomic mass is 9.90. The monoisotopic (exact) mass is 408 g/mol. The lowest BCUT2D eigenvalue weighted by molar-refractivity contribution is -0.115. The van der Waals surface area contributed by atoms with Crippen LogP contribution in [0.2, 0.25) is 0 Å². The molecular weight excluding hydrogens is 376 g/mol. The quantitative estimate of drug-likeness (QED) is 0.674. The van der Waals surface area contributed by atoms with Crippen molar-refractivity contribution < 1.29 is 14.3 Å². The first-order valence-corrected chi connectivity index (χ1v) is 11.0. The summed E-state index contributed by atoms with van der Waals surface area (Å²) in [7, 11) is 0. The lowest BCUT2D eigenvalue weighted by Crippen LogP contribution is -2.38. The Morgan fingerprint density at radius 1 is 1.07 bits per heavy atom. The smallest absolute Gasteiger partial charge is 0.253 e. The van der Waals surface area contributed by atoms with Gasteiger partial charge in [-0.2, -0.15) is 0 Å². The van der Waals surface area contributed by atoms with Crippen LogP contribution in [-0.2, 0) is 11.2 Å². The minimum atomic E-state index is -0.0482. The van der Waals surface area contributed by atoms with E-state index in [0.717, 1.165) is 44.5 Å². The summed E-state index contributed by atoms with van der Waals surface area (Å²) in [5.41, 5.74) is 2.65. The van der Waals surface area contributed by atoms with Crippen molar-refractivity contribution in [2.24, 2.45) is 5.92 Å². The molecule has 0 aromatic heterocycles. The number of nitrogens with one attached hydrogen (secondary N) is 1. The van der Waals surface area contributed by atoms with E-state index in [0.29, 0.717) is 30.2 Å². The Morgan fingerprint density at radius 2 is 1.80 bits per heavy atom. The molecule has 0 atom stereocenters. The zero-order valence-corrected chi connectivity index (χ0v) is 18.0. The summed E-state index contributed by atoms with van der Waals surface area (Å²) in [4.78, 5) is 26.4. The summed E-state index contributed by atoms with van der Waals surface area (Å²) in [5.74, 6) is 1.57. The van der Waals surface area contributed by atoms with Crippen molar-refractivity contribution in [3.63, 3.8) is 0 Å². The number of amides is 2. The van der Waals surface area contributed by atoms with Crippen LogP contribution in [-0.4, -0.2) is 36.4 Å². The number of piperidine rings is 1. The topological polar surface area (TPSA) is 58.6 Å². The summed E-state index contributed by atoms with van der Waals surface area (Å²) in [6, 6.07) is 15.6. The highest BCUT2D eigenvalue weighted by molar-refractivity contribution is 5.97. The Labute approximate surface area is 179 Å². The van der Waals surface area contributed by atoms with E-state index >= 15 is 0 Å². The predicted molar refractivity (Wildman–Crippen MR) is 120 cm³/mol. The maximum atomic E-state index is 12.9. The maximum Gasteiger partial charge on any atom is 0.253 e. The molecule has 2 amide bonds. The summed E-state index contributed by atoms with van der Waals surface area (Å²) < 4.78 is 5.50. The molecule has 2 aromatic carbocycles. The van der Waals surface area contributed by atoms with Crippen molar-refractivity contribution in [1.82, 2.24) is 4.90 Å². The fraction of sp³-hybridized carbons (Fsp3) is 0.440. The van der Waals surface area contributed by atoms with E-state index < -0.39 is 0 Å². The molecule has 5 heteroatoms. The second kappa shape index (κ2) is 10.8. The first kappa shape index (κ1) is 21.9. The molecule has 0 spiro atoms. The number of carbonyl (C=O) groups excluding carboxylic acids is 2. The molecule has 0 radical (unpaired) electrons. The second-order valence-electron chi connectivity index (χ2n) is 7.83. The van der Waals surface area contributed by atoms with Gasteiger partial charge >= 0.3 is 0 Å². The van der Waals surface area contributed by atoms with Gasteiger partial charge in [-0.1, -0.05) is 25.1 Å². The van der Waals surface area contributed by atoms with Crippen molar-refractivity contribution in [2.75, 3.05) is 25.0 Å². The average Bonchev–Trinajstić information content (AvgIpc) is 2.79. The Bertz CT molecular complexity index is 840. The Morgan fingerprint density at radius 3 is 2.47 bits per heavy atom. The fourth-order valence-corrected chi connectivity index (χ4v) is 3.88. The van der Waals surface area contributed by atoms with Crippen LogP contribution in [0.5, 0.6) is 5.75 Å². The fourth-order valence-electron chi connectivity index (χ4n) is 3.88. The van der Waals surface area contributed by atoms with Gasteiger partial charge in [-0.05, 0) is 74.4 Å². The molecule has 30 heavy (non-hydrogen) atoms. The standard InChI is InChI=1S/C25H32N2O3/c1-3-24(28)26-22-7-5-6-21(18-22)25(29)27-16-14-20(15-17-27)9-8-19-10-12-23(13-11-19)30-4-2/h5-7,10-13,18,20H,3-4,8-9,14-17H2,1-2H3,(H,26,28). The Kier molecular flexibility index (Phi) is 7.89. The number of ether oxygens (including phenoxy) is 1. The van der Waals surface area contributed by atoms with Crippen LogP contribution < -0.4 is 10.1 Å². The summed E-state index contributed by atoms with van der Waals surface area (Å²) in [5, 5.41) is 2.82. The number of nitrogens with zero attached hydrogens (tertiary/aromatic N) is 1. The zero-order valence-electron chi connectivity index (χ0n) is 18.0. The molecule has 5 nitrogen and oxygen atoms in total. The molecule has 160 valence electrons. The molecule has 3 rings (SSSR count). The van der Waals surface area contributed by atoms with Crippen molar-refractivity contribution in [3.05, 3.63) is 59.7 Å². The molecule has 1 saturated heterocycles. The number of hydrogen-bond donors (Lipinski definition) is 1. The molecule has 1 aliphatic heterocycles. The van der Waals surface area contributed by atoms with Gasteiger partial charge in [0, 0.05) is 30.8 Å². The highest BCUT2D eigenvalue weighted by atomic mass is 16.5. The first-order valence-electron chi connectivity index (χ1n) is 11.0. The van der Waals surface area contributed by atoms with Crippen LogP contribution in [0.3, 0.4) is 0 Å². The van der Waals surface area contributed by atoms with E-state index in [2.05, 4.69) is 17.4 Å². The van der Waals surface area contributed by atoms with Gasteiger partial charge in [0.25, 0.3) is 5.91 Å². The third-order valence-electron chi connectivity index (χ3n) is 5.69. The molecule has 1 fully saturated rings. The van der Waals surface area contributed by atoms with Crippen LogP contribution in [0, 0.1) is 5.92 Å². The van der Waals surface area contributed by atoms with Gasteiger partial charge in [0.1, 0.15) is 5.75 Å². The second-order valence-corrected chi connectivity index (χ2v) is 7.83. The third-order valence-corrected chi connectivity index (χ3v) is 5.69. The predicted octanol–water partition coefficient (Wildman–Crippen LogP) is 4.92. The van der Waals surface area contributed by atoms with Crippen LogP contribution in [0.1, 0.15) is 55.5 Å². The normalized spacial score (nSPS) is 14.4. The lowest BCUT2D eigenvalue weighted by Gasteiger charge is -2.32. The number of benzene rings is 2. The molecule has 0 saturated carbocycles. The molecular formula is C25H32N2O3. The molecule has 0 aliphatic carbocycles. The zero-order chi connectivity index (χ0) is 21.3. The van der Waals surface area contributed by atoms with Gasteiger partial charge in [-0.3, -0.25) is 9.59 Å². The number of rotatable bonds is 8. The van der Waals surface area contributed by atoms with E-state index in [1.807, 2.05) is 49.1 Å². The summed E-state index contributed by atoms with van der Waals surface area (Å²) >= 11 is 0. The van der Waals surface area contributed by atoms with Crippen molar-refractivity contribution in [3.8, 4) is 5.75 Å². The molecule has 1 aliphatic rings. The van der Waals surface area contributed by atoms with Crippen molar-refractivity contribution in [1.29, 1.82) is 0 Å². The van der Waals surface area contributed by atoms with Crippen LogP contribution in [0.25, 0.3) is 0 Å². The van der Waals surface area contributed by atoms with E-state index in [1.165, 1.54) is 5.56 Å². The molecule has 2 aromatic rings. The number of likely N-dealkylation sites (tertiary alicyclic amines) is 1. The minimum absolute atomic E-state index is 0.0482. The SMILES string of the molecule is CCOc1ccc(CCC2CCN(C(=O)c3cccc(NC(=O)CC)c3)CC2)cc1. The summed E-state index contributed by atoms with van der Waals surface area (Å²) in [6.45, 7) is 6.07. The number of hydrogen-bond acceptors (Lipinski definition) is 3. The van der Waals surface area contributed by atoms with Crippen LogP contribution in [0.15, 0.2) is 48.5 Å². The summed E-state index contributed by atoms with van der Waals surface area (Å²) in [6.07, 6.45) is 4.70. The third kappa shape index (κ3) is 6.09. The van der Waals surface area contributed by atoms with Gasteiger partial charge in [-0.15, -0.1) is 0 Å². The average molecular weight is 409 g/mol. The maximum absolute atomic E-state index is 12.9. The highest BCUT2D eigenvalue weighted by Crippen LogP contribution is 2.25. The van der Waals surface area contributed by atoms with Crippen LogP contribution >= 0.6 is 0 Å². The first-order chi connectivity index (χ1) is 14.6. The highest BCUT2D eigenvalue weighted by Gasteiger charge is 2.23. The molecule has 0 unspecified atom stereocenters. The number of anilines is 1. The largest absolute Gasteiger partial charge is 0.494 e. The van der Waals surface area contributed by atoms with Gasteiger partial charge in [0.05, 0.1) is 6.61 Å². The molecule has 1 heterocycles. The van der Waals surface area contributed by atoms with Gasteiger partial charge < -0.3 is 15.0 Å². The number of carbonyl (C=O) groups is 2. The van der Waals surface area contributed by atoms with E-state index in [9.17, 15) is 9.59 Å². The minimum Gasteiger partial charge on any atom is -0.494 e. The van der Waals surface area contributed by atoms with Gasteiger partial charge in [0.15, 0.2) is 0 Å². The molecule has 0 bridgehead atoms. The van der Waals surface area contributed by atoms with Gasteiger partial charge in [-0.25, -0.2) is 0 Å². The van der Waals surface area contributed by atoms with Crippen molar-refractivity contribution in [2.45, 2.75) is 46.0 Å².